The largest absolute Gasteiger partial charge is 0.505 e. The van der Waals surface area contributed by atoms with E-state index in [1.807, 2.05) is 0 Å². The number of aromatic nitrogens is 1. The average molecular weight is 359 g/mol. The molecule has 1 amide bonds. The number of amides is 1. The van der Waals surface area contributed by atoms with E-state index in [-0.39, 0.29) is 11.4 Å². The molecular formula is C16H11BrN2O3. The first-order valence-corrected chi connectivity index (χ1v) is 7.22. The molecule has 0 radical (unpaired) electrons. The van der Waals surface area contributed by atoms with Gasteiger partial charge in [0.1, 0.15) is 0 Å². The number of hydrogen-bond acceptors (Lipinski definition) is 3. The van der Waals surface area contributed by atoms with Crippen LogP contribution in [0.3, 0.4) is 0 Å². The Balaban J connectivity index is 2.49. The summed E-state index contributed by atoms with van der Waals surface area (Å²) in [6.45, 7) is 0. The van der Waals surface area contributed by atoms with Crippen LogP contribution in [0.2, 0.25) is 0 Å². The Hall–Kier alpha value is -2.60. The lowest BCUT2D eigenvalue weighted by atomic mass is 10.1. The predicted molar refractivity (Wildman–Crippen MR) is 87.4 cm³/mol. The summed E-state index contributed by atoms with van der Waals surface area (Å²) >= 11 is 3.31. The van der Waals surface area contributed by atoms with Crippen molar-refractivity contribution in [1.29, 1.82) is 0 Å². The molecule has 1 aromatic heterocycles. The van der Waals surface area contributed by atoms with Crippen LogP contribution in [-0.2, 0) is 0 Å². The number of carbonyl (C=O) groups is 1. The molecule has 0 aliphatic rings. The van der Waals surface area contributed by atoms with Gasteiger partial charge >= 0.3 is 0 Å². The summed E-state index contributed by atoms with van der Waals surface area (Å²) in [6.07, 6.45) is 0. The monoisotopic (exact) mass is 358 g/mol. The molecule has 0 aliphatic heterocycles. The van der Waals surface area contributed by atoms with Crippen LogP contribution in [0.15, 0.2) is 57.8 Å². The lowest BCUT2D eigenvalue weighted by molar-refractivity contribution is 0.0990. The average Bonchev–Trinajstić information content (AvgIpc) is 2.51. The van der Waals surface area contributed by atoms with Gasteiger partial charge in [-0.2, -0.15) is 0 Å². The van der Waals surface area contributed by atoms with Gasteiger partial charge < -0.3 is 10.8 Å². The zero-order chi connectivity index (χ0) is 15.9. The first-order chi connectivity index (χ1) is 10.5. The summed E-state index contributed by atoms with van der Waals surface area (Å²) in [5, 5.41) is 11.0. The van der Waals surface area contributed by atoms with Gasteiger partial charge in [0, 0.05) is 15.5 Å². The summed E-state index contributed by atoms with van der Waals surface area (Å²) in [5.41, 5.74) is 5.18. The summed E-state index contributed by atoms with van der Waals surface area (Å²) in [6, 6.07) is 13.3. The van der Waals surface area contributed by atoms with Crippen LogP contribution in [0.1, 0.15) is 10.5 Å². The van der Waals surface area contributed by atoms with Gasteiger partial charge in [0.2, 0.25) is 0 Å². The SMILES string of the molecule is NC(=O)c1c(O)c2ccccc2c(=O)n1-c1ccc(Br)cc1. The van der Waals surface area contributed by atoms with Gasteiger partial charge in [-0.15, -0.1) is 0 Å². The van der Waals surface area contributed by atoms with E-state index in [0.29, 0.717) is 16.5 Å². The van der Waals surface area contributed by atoms with E-state index >= 15 is 0 Å². The molecular weight excluding hydrogens is 348 g/mol. The van der Waals surface area contributed by atoms with Crippen LogP contribution in [0.5, 0.6) is 5.75 Å². The highest BCUT2D eigenvalue weighted by Crippen LogP contribution is 2.28. The van der Waals surface area contributed by atoms with Gasteiger partial charge in [0.05, 0.1) is 5.39 Å². The van der Waals surface area contributed by atoms with E-state index in [0.717, 1.165) is 9.04 Å². The number of hydrogen-bond donors (Lipinski definition) is 2. The lowest BCUT2D eigenvalue weighted by Gasteiger charge is -2.14. The van der Waals surface area contributed by atoms with Crippen molar-refractivity contribution < 1.29 is 9.90 Å². The van der Waals surface area contributed by atoms with Crippen LogP contribution >= 0.6 is 15.9 Å². The maximum Gasteiger partial charge on any atom is 0.269 e. The molecule has 0 aliphatic carbocycles. The van der Waals surface area contributed by atoms with E-state index in [9.17, 15) is 14.7 Å². The van der Waals surface area contributed by atoms with Crippen LogP contribution in [0.4, 0.5) is 0 Å². The minimum atomic E-state index is -0.872. The lowest BCUT2D eigenvalue weighted by Crippen LogP contribution is -2.28. The number of nitrogens with zero attached hydrogens (tertiary/aromatic N) is 1. The molecule has 110 valence electrons. The number of benzene rings is 2. The molecule has 5 nitrogen and oxygen atoms in total. The van der Waals surface area contributed by atoms with Crippen molar-refractivity contribution in [2.24, 2.45) is 5.73 Å². The van der Waals surface area contributed by atoms with E-state index in [2.05, 4.69) is 15.9 Å². The van der Waals surface area contributed by atoms with Crippen molar-refractivity contribution in [3.63, 3.8) is 0 Å². The quantitative estimate of drug-likeness (QED) is 0.738. The first-order valence-electron chi connectivity index (χ1n) is 6.43. The van der Waals surface area contributed by atoms with Gasteiger partial charge in [-0.05, 0) is 30.3 Å². The Morgan fingerprint density at radius 1 is 1.05 bits per heavy atom. The molecule has 6 heteroatoms. The minimum Gasteiger partial charge on any atom is -0.505 e. The second kappa shape index (κ2) is 5.31. The molecule has 0 unspecified atom stereocenters. The molecule has 22 heavy (non-hydrogen) atoms. The molecule has 0 saturated heterocycles. The van der Waals surface area contributed by atoms with Crippen molar-refractivity contribution >= 4 is 32.6 Å². The molecule has 2 aromatic carbocycles. The Bertz CT molecular complexity index is 946. The molecule has 0 fully saturated rings. The molecule has 0 bridgehead atoms. The van der Waals surface area contributed by atoms with Gasteiger partial charge in [0.15, 0.2) is 11.4 Å². The highest BCUT2D eigenvalue weighted by atomic mass is 79.9. The molecule has 3 rings (SSSR count). The number of aromatic hydroxyl groups is 1. The van der Waals surface area contributed by atoms with Gasteiger partial charge in [-0.25, -0.2) is 0 Å². The van der Waals surface area contributed by atoms with Crippen molar-refractivity contribution in [3.8, 4) is 11.4 Å². The Morgan fingerprint density at radius 3 is 2.23 bits per heavy atom. The molecule has 1 heterocycles. The van der Waals surface area contributed by atoms with Gasteiger partial charge in [-0.3, -0.25) is 14.2 Å². The van der Waals surface area contributed by atoms with Crippen molar-refractivity contribution in [2.45, 2.75) is 0 Å². The van der Waals surface area contributed by atoms with E-state index < -0.39 is 11.5 Å². The Labute approximate surface area is 133 Å². The maximum atomic E-state index is 12.7. The Morgan fingerprint density at radius 2 is 1.64 bits per heavy atom. The molecule has 0 saturated carbocycles. The normalized spacial score (nSPS) is 10.8. The fourth-order valence-electron chi connectivity index (χ4n) is 2.39. The standard InChI is InChI=1S/C16H11BrN2O3/c17-9-5-7-10(8-6-9)19-13(15(18)21)14(20)11-3-1-2-4-12(11)16(19)22/h1-8,20H,(H2,18,21). The first kappa shape index (κ1) is 14.3. The number of halogens is 1. The van der Waals surface area contributed by atoms with Gasteiger partial charge in [0.25, 0.3) is 11.5 Å². The third-order valence-electron chi connectivity index (χ3n) is 3.38. The van der Waals surface area contributed by atoms with E-state index in [4.69, 9.17) is 5.73 Å². The van der Waals surface area contributed by atoms with Crippen LogP contribution in [-0.4, -0.2) is 15.6 Å². The van der Waals surface area contributed by atoms with Gasteiger partial charge in [-0.1, -0.05) is 34.1 Å². The second-order valence-electron chi connectivity index (χ2n) is 4.72. The van der Waals surface area contributed by atoms with E-state index in [1.165, 1.54) is 0 Å². The zero-order valence-electron chi connectivity index (χ0n) is 11.3. The zero-order valence-corrected chi connectivity index (χ0v) is 12.9. The topological polar surface area (TPSA) is 85.3 Å². The fraction of sp³-hybridized carbons (Fsp3) is 0. The highest BCUT2D eigenvalue weighted by molar-refractivity contribution is 9.10. The molecule has 3 N–H and O–H groups in total. The summed E-state index contributed by atoms with van der Waals surface area (Å²) < 4.78 is 1.96. The molecule has 3 aromatic rings. The highest BCUT2D eigenvalue weighted by Gasteiger charge is 2.20. The van der Waals surface area contributed by atoms with Crippen molar-refractivity contribution in [3.05, 3.63) is 69.1 Å². The minimum absolute atomic E-state index is 0.231. The van der Waals surface area contributed by atoms with Crippen LogP contribution in [0.25, 0.3) is 16.5 Å². The molecule has 0 atom stereocenters. The summed E-state index contributed by atoms with van der Waals surface area (Å²) in [7, 11) is 0. The smallest absolute Gasteiger partial charge is 0.269 e. The maximum absolute atomic E-state index is 12.7. The number of primary amides is 1. The number of fused-ring (bicyclic) bond motifs is 1. The van der Waals surface area contributed by atoms with Crippen LogP contribution in [0, 0.1) is 0 Å². The predicted octanol–water partition coefficient (Wildman–Crippen LogP) is 2.56. The number of pyridine rings is 1. The van der Waals surface area contributed by atoms with Crippen molar-refractivity contribution in [2.75, 3.05) is 0 Å². The number of rotatable bonds is 2. The third kappa shape index (κ3) is 2.17. The van der Waals surface area contributed by atoms with E-state index in [1.54, 1.807) is 48.5 Å². The van der Waals surface area contributed by atoms with Crippen LogP contribution < -0.4 is 11.3 Å². The van der Waals surface area contributed by atoms with Crippen molar-refractivity contribution in [1.82, 2.24) is 4.57 Å². The molecule has 0 spiro atoms. The second-order valence-corrected chi connectivity index (χ2v) is 5.64. The summed E-state index contributed by atoms with van der Waals surface area (Å²) in [4.78, 5) is 24.5. The fourth-order valence-corrected chi connectivity index (χ4v) is 2.66. The Kier molecular flexibility index (Phi) is 3.46. The number of nitrogens with two attached hydrogens (primary N) is 1. The summed E-state index contributed by atoms with van der Waals surface area (Å²) in [5.74, 6) is -1.17. The number of carbonyl (C=O) groups excluding carboxylic acids is 1. The third-order valence-corrected chi connectivity index (χ3v) is 3.91.